The molecule has 0 bridgehead atoms. The highest BCUT2D eigenvalue weighted by Crippen LogP contribution is 2.22. The summed E-state index contributed by atoms with van der Waals surface area (Å²) in [5.41, 5.74) is -0.152. The summed E-state index contributed by atoms with van der Waals surface area (Å²) in [6.45, 7) is 8.61. The molecule has 1 rings (SSSR count). The van der Waals surface area contributed by atoms with Crippen molar-refractivity contribution in [2.45, 2.75) is 46.2 Å². The molecule has 0 unspecified atom stereocenters. The average molecular weight is 394 g/mol. The molecule has 2 amide bonds. The van der Waals surface area contributed by atoms with Crippen LogP contribution in [0.5, 0.6) is 11.5 Å². The van der Waals surface area contributed by atoms with Crippen LogP contribution >= 0.6 is 0 Å². The zero-order valence-electron chi connectivity index (χ0n) is 17.5. The molecule has 0 heterocycles. The molecule has 0 radical (unpaired) electrons. The van der Waals surface area contributed by atoms with Crippen molar-refractivity contribution in [3.63, 3.8) is 0 Å². The fraction of sp³-hybridized carbons (Fsp3) is 0.550. The van der Waals surface area contributed by atoms with Gasteiger partial charge >= 0.3 is 5.97 Å². The number of ether oxygens (including phenoxy) is 3. The van der Waals surface area contributed by atoms with Gasteiger partial charge in [-0.2, -0.15) is 0 Å². The summed E-state index contributed by atoms with van der Waals surface area (Å²) in [6.07, 6.45) is 0. The number of benzene rings is 1. The normalized spacial score (nSPS) is 12.1. The molecular formula is C20H30N2O6. The summed E-state index contributed by atoms with van der Waals surface area (Å²) in [6, 6.07) is 3.81. The lowest BCUT2D eigenvalue weighted by Crippen LogP contribution is -2.47. The third-order valence-corrected chi connectivity index (χ3v) is 3.68. The lowest BCUT2D eigenvalue weighted by atomic mass is 10.0. The van der Waals surface area contributed by atoms with Crippen LogP contribution in [0.25, 0.3) is 0 Å². The van der Waals surface area contributed by atoms with E-state index in [1.54, 1.807) is 19.9 Å². The molecule has 8 nitrogen and oxygen atoms in total. The van der Waals surface area contributed by atoms with Gasteiger partial charge in [0.2, 0.25) is 0 Å². The van der Waals surface area contributed by atoms with Gasteiger partial charge in [-0.1, -0.05) is 13.8 Å². The zero-order chi connectivity index (χ0) is 21.5. The fourth-order valence-electron chi connectivity index (χ4n) is 2.34. The van der Waals surface area contributed by atoms with Gasteiger partial charge < -0.3 is 24.8 Å². The third-order valence-electron chi connectivity index (χ3n) is 3.68. The molecule has 0 aliphatic rings. The first kappa shape index (κ1) is 23.3. The summed E-state index contributed by atoms with van der Waals surface area (Å²) in [5.74, 6) is -0.907. The molecule has 0 aliphatic carbocycles. The molecule has 28 heavy (non-hydrogen) atoms. The van der Waals surface area contributed by atoms with Crippen molar-refractivity contribution < 1.29 is 28.6 Å². The van der Waals surface area contributed by atoms with Gasteiger partial charge in [-0.25, -0.2) is 4.79 Å². The van der Waals surface area contributed by atoms with Crippen LogP contribution in [-0.2, 0) is 14.3 Å². The van der Waals surface area contributed by atoms with Gasteiger partial charge in [0, 0.05) is 17.2 Å². The van der Waals surface area contributed by atoms with Crippen molar-refractivity contribution in [3.05, 3.63) is 23.8 Å². The Labute approximate surface area is 165 Å². The van der Waals surface area contributed by atoms with Gasteiger partial charge in [0.05, 0.1) is 14.2 Å². The zero-order valence-corrected chi connectivity index (χ0v) is 17.5. The Kier molecular flexibility index (Phi) is 8.28. The van der Waals surface area contributed by atoms with E-state index in [0.717, 1.165) is 0 Å². The Bertz CT molecular complexity index is 687. The molecular weight excluding hydrogens is 364 g/mol. The van der Waals surface area contributed by atoms with Crippen LogP contribution in [0.2, 0.25) is 0 Å². The van der Waals surface area contributed by atoms with Gasteiger partial charge in [0.15, 0.2) is 6.61 Å². The molecule has 2 N–H and O–H groups in total. The first-order chi connectivity index (χ1) is 13.0. The van der Waals surface area contributed by atoms with Crippen LogP contribution in [0, 0.1) is 5.92 Å². The third kappa shape index (κ3) is 7.46. The van der Waals surface area contributed by atoms with Crippen LogP contribution in [-0.4, -0.2) is 50.2 Å². The van der Waals surface area contributed by atoms with Crippen molar-refractivity contribution in [2.75, 3.05) is 20.8 Å². The van der Waals surface area contributed by atoms with Crippen molar-refractivity contribution in [2.24, 2.45) is 5.92 Å². The van der Waals surface area contributed by atoms with Crippen molar-refractivity contribution in [1.82, 2.24) is 10.6 Å². The smallest absolute Gasteiger partial charge is 0.329 e. The van der Waals surface area contributed by atoms with Crippen LogP contribution in [0.1, 0.15) is 45.0 Å². The molecule has 0 fully saturated rings. The highest BCUT2D eigenvalue weighted by Gasteiger charge is 2.27. The van der Waals surface area contributed by atoms with E-state index in [1.165, 1.54) is 26.4 Å². The minimum Gasteiger partial charge on any atom is -0.497 e. The second kappa shape index (κ2) is 9.96. The maximum absolute atomic E-state index is 12.6. The Morgan fingerprint density at radius 2 is 1.54 bits per heavy atom. The summed E-state index contributed by atoms with van der Waals surface area (Å²) < 4.78 is 15.4. The summed E-state index contributed by atoms with van der Waals surface area (Å²) in [5, 5.41) is 5.35. The van der Waals surface area contributed by atoms with Gasteiger partial charge in [-0.15, -0.1) is 0 Å². The molecule has 0 saturated carbocycles. The Morgan fingerprint density at radius 3 is 1.96 bits per heavy atom. The molecule has 1 aromatic carbocycles. The number of hydrogen-bond acceptors (Lipinski definition) is 6. The minimum absolute atomic E-state index is 0.241. The lowest BCUT2D eigenvalue weighted by molar-refractivity contribution is -0.151. The summed E-state index contributed by atoms with van der Waals surface area (Å²) in [4.78, 5) is 36.9. The van der Waals surface area contributed by atoms with E-state index in [0.29, 0.717) is 11.5 Å². The van der Waals surface area contributed by atoms with Crippen molar-refractivity contribution in [1.29, 1.82) is 0 Å². The number of rotatable bonds is 8. The number of carbonyl (C=O) groups is 3. The Morgan fingerprint density at radius 1 is 1.00 bits per heavy atom. The number of carbonyl (C=O) groups excluding carboxylic acids is 3. The maximum Gasteiger partial charge on any atom is 0.329 e. The molecule has 0 aromatic heterocycles. The van der Waals surface area contributed by atoms with E-state index in [-0.39, 0.29) is 11.5 Å². The summed E-state index contributed by atoms with van der Waals surface area (Å²) in [7, 11) is 2.96. The van der Waals surface area contributed by atoms with E-state index in [1.807, 2.05) is 20.8 Å². The second-order valence-electron chi connectivity index (χ2n) is 7.70. The number of amides is 2. The predicted molar refractivity (Wildman–Crippen MR) is 104 cm³/mol. The first-order valence-corrected chi connectivity index (χ1v) is 8.98. The highest BCUT2D eigenvalue weighted by molar-refractivity contribution is 5.97. The Hall–Kier alpha value is -2.77. The molecule has 1 aromatic rings. The molecule has 8 heteroatoms. The minimum atomic E-state index is -0.910. The van der Waals surface area contributed by atoms with Gasteiger partial charge in [0.25, 0.3) is 11.8 Å². The van der Waals surface area contributed by atoms with E-state index >= 15 is 0 Å². The highest BCUT2D eigenvalue weighted by atomic mass is 16.5. The quantitative estimate of drug-likeness (QED) is 0.653. The van der Waals surface area contributed by atoms with Crippen molar-refractivity contribution >= 4 is 17.8 Å². The maximum atomic E-state index is 12.6. The fourth-order valence-corrected chi connectivity index (χ4v) is 2.34. The predicted octanol–water partition coefficient (Wildman–Crippen LogP) is 1.92. The SMILES string of the molecule is COc1cc(OC)cc(C(=O)N[C@H](C(=O)OCC(=O)NC(C)(C)C)C(C)C)c1. The van der Waals surface area contributed by atoms with E-state index in [4.69, 9.17) is 14.2 Å². The second-order valence-corrected chi connectivity index (χ2v) is 7.70. The van der Waals surface area contributed by atoms with Gasteiger partial charge in [0.1, 0.15) is 17.5 Å². The number of hydrogen-bond donors (Lipinski definition) is 2. The molecule has 0 aliphatic heterocycles. The summed E-state index contributed by atoms with van der Waals surface area (Å²) >= 11 is 0. The number of esters is 1. The molecule has 156 valence electrons. The van der Waals surface area contributed by atoms with Crippen LogP contribution < -0.4 is 20.1 Å². The van der Waals surface area contributed by atoms with Crippen LogP contribution in [0.3, 0.4) is 0 Å². The largest absolute Gasteiger partial charge is 0.497 e. The van der Waals surface area contributed by atoms with Gasteiger partial charge in [-0.3, -0.25) is 9.59 Å². The topological polar surface area (TPSA) is 103 Å². The number of methoxy groups -OCH3 is 2. The van der Waals surface area contributed by atoms with E-state index in [9.17, 15) is 14.4 Å². The van der Waals surface area contributed by atoms with E-state index < -0.39 is 36.0 Å². The van der Waals surface area contributed by atoms with Crippen LogP contribution in [0.4, 0.5) is 0 Å². The Balaban J connectivity index is 2.83. The van der Waals surface area contributed by atoms with Crippen molar-refractivity contribution in [3.8, 4) is 11.5 Å². The number of nitrogens with one attached hydrogen (secondary N) is 2. The average Bonchev–Trinajstić information content (AvgIpc) is 2.61. The van der Waals surface area contributed by atoms with E-state index in [2.05, 4.69) is 10.6 Å². The lowest BCUT2D eigenvalue weighted by Gasteiger charge is -2.23. The molecule has 0 spiro atoms. The first-order valence-electron chi connectivity index (χ1n) is 8.98. The molecule has 0 saturated heterocycles. The van der Waals surface area contributed by atoms with Gasteiger partial charge in [-0.05, 0) is 38.8 Å². The molecule has 1 atom stereocenters. The standard InChI is InChI=1S/C20H30N2O6/c1-12(2)17(19(25)28-11-16(23)22-20(3,4)5)21-18(24)13-8-14(26-6)10-15(9-13)27-7/h8-10,12,17H,11H2,1-7H3,(H,21,24)(H,22,23)/t17-/m0/s1. The van der Waals surface area contributed by atoms with Crippen LogP contribution in [0.15, 0.2) is 18.2 Å². The monoisotopic (exact) mass is 394 g/mol.